The van der Waals surface area contributed by atoms with Crippen molar-refractivity contribution in [2.75, 3.05) is 64.1 Å². The second-order valence-electron chi connectivity index (χ2n) is 7.51. The van der Waals surface area contributed by atoms with E-state index < -0.39 is 10.0 Å². The number of rotatable bonds is 6. The molecule has 29 heavy (non-hydrogen) atoms. The van der Waals surface area contributed by atoms with E-state index in [1.807, 2.05) is 0 Å². The summed E-state index contributed by atoms with van der Waals surface area (Å²) in [6.07, 6.45) is 4.57. The lowest BCUT2D eigenvalue weighted by Gasteiger charge is -2.35. The summed E-state index contributed by atoms with van der Waals surface area (Å²) in [5.74, 6) is 1.26. The Hall–Kier alpha value is -1.46. The van der Waals surface area contributed by atoms with Gasteiger partial charge in [0.25, 0.3) is 0 Å². The molecule has 3 heterocycles. The third kappa shape index (κ3) is 6.26. The highest BCUT2D eigenvalue weighted by atomic mass is 35.5. The number of likely N-dealkylation sites (tertiary alicyclic amines) is 1. The van der Waals surface area contributed by atoms with Gasteiger partial charge in [-0.05, 0) is 12.8 Å². The number of nitrogens with two attached hydrogens (primary N) is 1. The molecule has 3 rings (SSSR count). The molecule has 9 nitrogen and oxygen atoms in total. The maximum atomic E-state index is 11.7. The molecule has 11 heteroatoms. The Balaban J connectivity index is 1.60. The van der Waals surface area contributed by atoms with Crippen LogP contribution in [0, 0.1) is 0 Å². The van der Waals surface area contributed by atoms with Gasteiger partial charge in [0.1, 0.15) is 11.0 Å². The van der Waals surface area contributed by atoms with Crippen molar-refractivity contribution in [3.8, 4) is 0 Å². The highest BCUT2D eigenvalue weighted by Gasteiger charge is 2.27. The Labute approximate surface area is 177 Å². The van der Waals surface area contributed by atoms with Crippen molar-refractivity contribution in [3.63, 3.8) is 0 Å². The molecule has 2 saturated heterocycles. The van der Waals surface area contributed by atoms with Gasteiger partial charge < -0.3 is 15.4 Å². The number of ether oxygens (including phenoxy) is 1. The molecular weight excluding hydrogens is 416 g/mol. The van der Waals surface area contributed by atoms with Gasteiger partial charge in [0.2, 0.25) is 10.0 Å². The highest BCUT2D eigenvalue weighted by Crippen LogP contribution is 2.20. The van der Waals surface area contributed by atoms with Gasteiger partial charge in [-0.25, -0.2) is 22.7 Å². The topological polar surface area (TPSA) is 105 Å². The summed E-state index contributed by atoms with van der Waals surface area (Å²) in [5, 5.41) is 0.380. The number of anilines is 1. The van der Waals surface area contributed by atoms with E-state index in [0.717, 1.165) is 44.8 Å². The van der Waals surface area contributed by atoms with Gasteiger partial charge in [0.05, 0.1) is 19.5 Å². The van der Waals surface area contributed by atoms with Crippen molar-refractivity contribution >= 4 is 33.5 Å². The van der Waals surface area contributed by atoms with Gasteiger partial charge in [-0.1, -0.05) is 11.6 Å². The number of nitrogens with zero attached hydrogens (tertiary/aromatic N) is 5. The van der Waals surface area contributed by atoms with Crippen LogP contribution in [-0.2, 0) is 14.8 Å². The van der Waals surface area contributed by atoms with E-state index in [4.69, 9.17) is 22.1 Å². The monoisotopic (exact) mass is 444 g/mol. The second kappa shape index (κ2) is 9.57. The Bertz CT molecular complexity index is 836. The number of halogens is 1. The number of hydrogen-bond donors (Lipinski definition) is 1. The molecule has 2 aliphatic heterocycles. The number of aromatic nitrogens is 2. The van der Waals surface area contributed by atoms with Crippen LogP contribution in [0.3, 0.4) is 0 Å². The third-order valence-electron chi connectivity index (χ3n) is 5.35. The largest absolute Gasteiger partial charge is 0.401 e. The molecule has 162 valence electrons. The molecule has 0 unspecified atom stereocenters. The minimum Gasteiger partial charge on any atom is -0.401 e. The fourth-order valence-electron chi connectivity index (χ4n) is 3.62. The van der Waals surface area contributed by atoms with Crippen LogP contribution in [0.4, 0.5) is 5.82 Å². The Morgan fingerprint density at radius 2 is 1.97 bits per heavy atom. The smallest absolute Gasteiger partial charge is 0.211 e. The van der Waals surface area contributed by atoms with Crippen molar-refractivity contribution in [3.05, 3.63) is 22.7 Å². The molecule has 1 aromatic heterocycles. The summed E-state index contributed by atoms with van der Waals surface area (Å²) in [4.78, 5) is 13.2. The minimum atomic E-state index is -3.16. The van der Waals surface area contributed by atoms with Crippen molar-refractivity contribution in [1.29, 1.82) is 0 Å². The van der Waals surface area contributed by atoms with E-state index in [0.29, 0.717) is 36.4 Å². The quantitative estimate of drug-likeness (QED) is 0.637. The zero-order chi connectivity index (χ0) is 21.0. The lowest BCUT2D eigenvalue weighted by atomic mass is 10.1. The zero-order valence-electron chi connectivity index (χ0n) is 16.9. The molecule has 0 aromatic carbocycles. The van der Waals surface area contributed by atoms with Gasteiger partial charge in [-0.3, -0.25) is 4.90 Å². The van der Waals surface area contributed by atoms with Crippen LogP contribution in [0.5, 0.6) is 0 Å². The standard InChI is InChI=1S/C18H29ClN6O3S/c1-23(29(2,26)27)15-3-5-24(6-4-15)13-14(20)11-17-21-16(19)12-18(22-17)25-7-9-28-10-8-25/h11-12,15H,3-10,13,20H2,1-2H3/b14-11-. The molecule has 0 saturated carbocycles. The molecule has 2 N–H and O–H groups in total. The Morgan fingerprint density at radius 1 is 1.31 bits per heavy atom. The Kier molecular flexibility index (Phi) is 7.33. The van der Waals surface area contributed by atoms with E-state index in [1.165, 1.54) is 10.6 Å². The van der Waals surface area contributed by atoms with E-state index >= 15 is 0 Å². The van der Waals surface area contributed by atoms with Gasteiger partial charge in [0.15, 0.2) is 5.82 Å². The zero-order valence-corrected chi connectivity index (χ0v) is 18.5. The summed E-state index contributed by atoms with van der Waals surface area (Å²) in [6.45, 7) is 5.02. The highest BCUT2D eigenvalue weighted by molar-refractivity contribution is 7.88. The van der Waals surface area contributed by atoms with Crippen LogP contribution >= 0.6 is 11.6 Å². The van der Waals surface area contributed by atoms with Crippen LogP contribution < -0.4 is 10.6 Å². The molecule has 0 bridgehead atoms. The lowest BCUT2D eigenvalue weighted by Crippen LogP contribution is -2.45. The molecule has 0 aliphatic carbocycles. The van der Waals surface area contributed by atoms with Crippen molar-refractivity contribution in [2.24, 2.45) is 5.73 Å². The van der Waals surface area contributed by atoms with Gasteiger partial charge in [-0.2, -0.15) is 0 Å². The number of piperidine rings is 1. The van der Waals surface area contributed by atoms with E-state index in [-0.39, 0.29) is 6.04 Å². The number of hydrogen-bond acceptors (Lipinski definition) is 8. The van der Waals surface area contributed by atoms with Crippen LogP contribution in [0.25, 0.3) is 6.08 Å². The molecule has 0 radical (unpaired) electrons. The van der Waals surface area contributed by atoms with Crippen molar-refractivity contribution < 1.29 is 13.2 Å². The molecule has 0 amide bonds. The number of morpholine rings is 1. The predicted octanol–water partition coefficient (Wildman–Crippen LogP) is 0.622. The first-order chi connectivity index (χ1) is 13.7. The summed E-state index contributed by atoms with van der Waals surface area (Å²) >= 11 is 6.18. The average molecular weight is 445 g/mol. The van der Waals surface area contributed by atoms with Gasteiger partial charge in [0, 0.05) is 63.7 Å². The molecule has 0 atom stereocenters. The van der Waals surface area contributed by atoms with Gasteiger partial charge >= 0.3 is 0 Å². The van der Waals surface area contributed by atoms with Crippen LogP contribution in [-0.4, -0.2) is 92.9 Å². The first kappa shape index (κ1) is 22.2. The predicted molar refractivity (Wildman–Crippen MR) is 114 cm³/mol. The Morgan fingerprint density at radius 3 is 2.59 bits per heavy atom. The minimum absolute atomic E-state index is 0.0406. The summed E-state index contributed by atoms with van der Waals surface area (Å²) in [7, 11) is -1.52. The van der Waals surface area contributed by atoms with E-state index in [1.54, 1.807) is 19.2 Å². The summed E-state index contributed by atoms with van der Waals surface area (Å²) < 4.78 is 30.3. The average Bonchev–Trinajstić information content (AvgIpc) is 2.67. The fourth-order valence-corrected chi connectivity index (χ4v) is 4.56. The molecule has 1 aromatic rings. The maximum absolute atomic E-state index is 11.7. The summed E-state index contributed by atoms with van der Waals surface area (Å²) in [5.41, 5.74) is 6.88. The molecule has 2 fully saturated rings. The van der Waals surface area contributed by atoms with Gasteiger partial charge in [-0.15, -0.1) is 0 Å². The van der Waals surface area contributed by atoms with Crippen LogP contribution in [0.2, 0.25) is 5.15 Å². The lowest BCUT2D eigenvalue weighted by molar-refractivity contribution is 0.122. The molecular formula is C18H29ClN6O3S. The van der Waals surface area contributed by atoms with Crippen molar-refractivity contribution in [2.45, 2.75) is 18.9 Å². The molecule has 0 spiro atoms. The molecule has 2 aliphatic rings. The van der Waals surface area contributed by atoms with Crippen LogP contribution in [0.1, 0.15) is 18.7 Å². The summed E-state index contributed by atoms with van der Waals surface area (Å²) in [6, 6.07) is 1.79. The first-order valence-corrected chi connectivity index (χ1v) is 11.9. The fraction of sp³-hybridized carbons (Fsp3) is 0.667. The third-order valence-corrected chi connectivity index (χ3v) is 6.89. The SMILES string of the molecule is CN(C1CCN(C/C(N)=C/c2nc(Cl)cc(N3CCOCC3)n2)CC1)S(C)(=O)=O. The maximum Gasteiger partial charge on any atom is 0.211 e. The normalized spacial score (nSPS) is 20.4. The van der Waals surface area contributed by atoms with Crippen LogP contribution in [0.15, 0.2) is 11.8 Å². The van der Waals surface area contributed by atoms with Crippen molar-refractivity contribution in [1.82, 2.24) is 19.2 Å². The second-order valence-corrected chi connectivity index (χ2v) is 9.94. The first-order valence-electron chi connectivity index (χ1n) is 9.71. The van der Waals surface area contributed by atoms with E-state index in [2.05, 4.69) is 19.8 Å². The van der Waals surface area contributed by atoms with E-state index in [9.17, 15) is 8.42 Å². The number of sulfonamides is 1.